The van der Waals surface area contributed by atoms with E-state index >= 15 is 0 Å². The van der Waals surface area contributed by atoms with Gasteiger partial charge in [-0.25, -0.2) is 0 Å². The first-order valence-corrected chi connectivity index (χ1v) is 5.44. The van der Waals surface area contributed by atoms with Crippen LogP contribution in [0.1, 0.15) is 24.5 Å². The molecule has 1 heterocycles. The minimum Gasteiger partial charge on any atom is -0.388 e. The second-order valence-electron chi connectivity index (χ2n) is 2.57. The molecular formula is C9H11BrOS. The summed E-state index contributed by atoms with van der Waals surface area (Å²) >= 11 is 4.95. The highest BCUT2D eigenvalue weighted by molar-refractivity contribution is 9.11. The number of hydrogen-bond donors (Lipinski definition) is 1. The summed E-state index contributed by atoms with van der Waals surface area (Å²) in [5.74, 6) is 0. The van der Waals surface area contributed by atoms with Crippen LogP contribution in [0.3, 0.4) is 0 Å². The molecular weight excluding hydrogens is 236 g/mol. The van der Waals surface area contributed by atoms with Crippen LogP contribution in [0.2, 0.25) is 0 Å². The average Bonchev–Trinajstić information content (AvgIpc) is 2.47. The molecule has 1 atom stereocenters. The third-order valence-corrected chi connectivity index (χ3v) is 3.14. The zero-order valence-electron chi connectivity index (χ0n) is 6.66. The van der Waals surface area contributed by atoms with Crippen molar-refractivity contribution in [2.45, 2.75) is 18.9 Å². The molecule has 0 saturated heterocycles. The van der Waals surface area contributed by atoms with Gasteiger partial charge in [0.2, 0.25) is 0 Å². The van der Waals surface area contributed by atoms with E-state index in [0.717, 1.165) is 22.2 Å². The Bertz CT molecular complexity index is 257. The van der Waals surface area contributed by atoms with Crippen molar-refractivity contribution in [2.24, 2.45) is 0 Å². The molecule has 1 unspecified atom stereocenters. The van der Waals surface area contributed by atoms with Gasteiger partial charge < -0.3 is 5.11 Å². The van der Waals surface area contributed by atoms with Crippen molar-refractivity contribution in [1.82, 2.24) is 0 Å². The van der Waals surface area contributed by atoms with Crippen LogP contribution >= 0.6 is 27.3 Å². The molecule has 1 N–H and O–H groups in total. The number of aliphatic hydroxyl groups is 1. The summed E-state index contributed by atoms with van der Waals surface area (Å²) in [5, 5.41) is 11.6. The maximum Gasteiger partial charge on any atom is 0.0801 e. The fourth-order valence-electron chi connectivity index (χ4n) is 0.941. The van der Waals surface area contributed by atoms with Crippen LogP contribution in [-0.4, -0.2) is 5.11 Å². The topological polar surface area (TPSA) is 20.2 Å². The van der Waals surface area contributed by atoms with E-state index in [1.54, 1.807) is 11.3 Å². The highest BCUT2D eigenvalue weighted by Crippen LogP contribution is 2.27. The zero-order valence-corrected chi connectivity index (χ0v) is 9.07. The molecule has 0 amide bonds. The second kappa shape index (κ2) is 4.80. The van der Waals surface area contributed by atoms with Crippen molar-refractivity contribution in [3.05, 3.63) is 33.5 Å². The SMILES string of the molecule is C=CCCC(O)c1csc(Br)c1. The van der Waals surface area contributed by atoms with Crippen molar-refractivity contribution in [3.63, 3.8) is 0 Å². The van der Waals surface area contributed by atoms with Gasteiger partial charge in [-0.3, -0.25) is 0 Å². The van der Waals surface area contributed by atoms with Crippen LogP contribution in [-0.2, 0) is 0 Å². The highest BCUT2D eigenvalue weighted by Gasteiger charge is 2.07. The van der Waals surface area contributed by atoms with Gasteiger partial charge in [0, 0.05) is 0 Å². The third kappa shape index (κ3) is 2.73. The van der Waals surface area contributed by atoms with Crippen molar-refractivity contribution < 1.29 is 5.11 Å². The van der Waals surface area contributed by atoms with Gasteiger partial charge in [0.1, 0.15) is 0 Å². The number of thiophene rings is 1. The highest BCUT2D eigenvalue weighted by atomic mass is 79.9. The summed E-state index contributed by atoms with van der Waals surface area (Å²) < 4.78 is 1.06. The summed E-state index contributed by atoms with van der Waals surface area (Å²) in [6, 6.07) is 1.96. The molecule has 0 aromatic carbocycles. The molecule has 0 aliphatic carbocycles. The van der Waals surface area contributed by atoms with E-state index < -0.39 is 0 Å². The van der Waals surface area contributed by atoms with E-state index in [4.69, 9.17) is 0 Å². The lowest BCUT2D eigenvalue weighted by Gasteiger charge is -2.05. The summed E-state index contributed by atoms with van der Waals surface area (Å²) in [6.07, 6.45) is 3.09. The zero-order chi connectivity index (χ0) is 8.97. The lowest BCUT2D eigenvalue weighted by molar-refractivity contribution is 0.169. The van der Waals surface area contributed by atoms with Crippen LogP contribution < -0.4 is 0 Å². The molecule has 1 aromatic heterocycles. The van der Waals surface area contributed by atoms with Crippen LogP contribution in [0.15, 0.2) is 27.9 Å². The Kier molecular flexibility index (Phi) is 3.98. The molecule has 0 spiro atoms. The van der Waals surface area contributed by atoms with Crippen LogP contribution in [0.25, 0.3) is 0 Å². The van der Waals surface area contributed by atoms with Crippen LogP contribution in [0, 0.1) is 0 Å². The molecule has 66 valence electrons. The molecule has 0 saturated carbocycles. The summed E-state index contributed by atoms with van der Waals surface area (Å²) in [4.78, 5) is 0. The Balaban J connectivity index is 2.52. The number of hydrogen-bond acceptors (Lipinski definition) is 2. The van der Waals surface area contributed by atoms with Gasteiger partial charge in [-0.1, -0.05) is 6.08 Å². The second-order valence-corrected chi connectivity index (χ2v) is 4.86. The van der Waals surface area contributed by atoms with Gasteiger partial charge in [0.05, 0.1) is 9.89 Å². The molecule has 3 heteroatoms. The van der Waals surface area contributed by atoms with E-state index in [1.165, 1.54) is 0 Å². The van der Waals surface area contributed by atoms with Crippen molar-refractivity contribution >= 4 is 27.3 Å². The Labute approximate surface area is 84.9 Å². The molecule has 1 nitrogen and oxygen atoms in total. The van der Waals surface area contributed by atoms with Gasteiger partial charge in [-0.05, 0) is 45.8 Å². The van der Waals surface area contributed by atoms with Gasteiger partial charge in [0.25, 0.3) is 0 Å². The van der Waals surface area contributed by atoms with Gasteiger partial charge in [0.15, 0.2) is 0 Å². The molecule has 1 aromatic rings. The Morgan fingerprint density at radius 3 is 3.00 bits per heavy atom. The monoisotopic (exact) mass is 246 g/mol. The predicted molar refractivity (Wildman–Crippen MR) is 56.4 cm³/mol. The fourth-order valence-corrected chi connectivity index (χ4v) is 2.16. The van der Waals surface area contributed by atoms with Crippen LogP contribution in [0.4, 0.5) is 0 Å². The normalized spacial score (nSPS) is 12.8. The summed E-state index contributed by atoms with van der Waals surface area (Å²) in [6.45, 7) is 3.61. The van der Waals surface area contributed by atoms with Crippen molar-refractivity contribution in [2.75, 3.05) is 0 Å². The maximum absolute atomic E-state index is 9.60. The predicted octanol–water partition coefficient (Wildman–Crippen LogP) is 3.51. The van der Waals surface area contributed by atoms with E-state index in [2.05, 4.69) is 22.5 Å². The molecule has 0 bridgehead atoms. The Hall–Kier alpha value is -0.120. The van der Waals surface area contributed by atoms with Crippen LogP contribution in [0.5, 0.6) is 0 Å². The third-order valence-electron chi connectivity index (χ3n) is 1.62. The molecule has 0 fully saturated rings. The average molecular weight is 247 g/mol. The lowest BCUT2D eigenvalue weighted by atomic mass is 10.1. The largest absolute Gasteiger partial charge is 0.388 e. The first kappa shape index (κ1) is 9.96. The molecule has 0 aliphatic heterocycles. The number of halogens is 1. The molecule has 12 heavy (non-hydrogen) atoms. The fraction of sp³-hybridized carbons (Fsp3) is 0.333. The lowest BCUT2D eigenvalue weighted by Crippen LogP contribution is -1.93. The first-order chi connectivity index (χ1) is 5.74. The minimum atomic E-state index is -0.342. The standard InChI is InChI=1S/C9H11BrOS/c1-2-3-4-8(11)7-5-9(10)12-6-7/h2,5-6,8,11H,1,3-4H2. The van der Waals surface area contributed by atoms with E-state index in [-0.39, 0.29) is 6.10 Å². The maximum atomic E-state index is 9.60. The molecule has 0 radical (unpaired) electrons. The van der Waals surface area contributed by atoms with E-state index in [0.29, 0.717) is 0 Å². The summed E-state index contributed by atoms with van der Waals surface area (Å²) in [5.41, 5.74) is 0.994. The quantitative estimate of drug-likeness (QED) is 0.807. The minimum absolute atomic E-state index is 0.342. The molecule has 1 rings (SSSR count). The van der Waals surface area contributed by atoms with E-state index in [1.807, 2.05) is 17.5 Å². The first-order valence-electron chi connectivity index (χ1n) is 3.77. The Morgan fingerprint density at radius 2 is 2.50 bits per heavy atom. The summed E-state index contributed by atoms with van der Waals surface area (Å²) in [7, 11) is 0. The van der Waals surface area contributed by atoms with Gasteiger partial charge >= 0.3 is 0 Å². The van der Waals surface area contributed by atoms with Gasteiger partial charge in [-0.2, -0.15) is 0 Å². The number of aliphatic hydroxyl groups excluding tert-OH is 1. The van der Waals surface area contributed by atoms with E-state index in [9.17, 15) is 5.11 Å². The molecule has 0 aliphatic rings. The number of allylic oxidation sites excluding steroid dienone is 1. The Morgan fingerprint density at radius 1 is 1.75 bits per heavy atom. The smallest absolute Gasteiger partial charge is 0.0801 e. The number of rotatable bonds is 4. The van der Waals surface area contributed by atoms with Gasteiger partial charge in [-0.15, -0.1) is 17.9 Å². The van der Waals surface area contributed by atoms with Crippen molar-refractivity contribution in [1.29, 1.82) is 0 Å². The van der Waals surface area contributed by atoms with Crippen molar-refractivity contribution in [3.8, 4) is 0 Å².